The van der Waals surface area contributed by atoms with Gasteiger partial charge in [-0.3, -0.25) is 4.79 Å². The van der Waals surface area contributed by atoms with E-state index in [4.69, 9.17) is 44.3 Å². The van der Waals surface area contributed by atoms with Gasteiger partial charge >= 0.3 is 0 Å². The number of hydrogen-bond acceptors (Lipinski definition) is 3. The summed E-state index contributed by atoms with van der Waals surface area (Å²) in [5.41, 5.74) is 0.712. The molecular formula is C15H12Cl3NO3. The maximum atomic E-state index is 12.3. The maximum absolute atomic E-state index is 12.3. The molecular weight excluding hydrogens is 349 g/mol. The Labute approximate surface area is 142 Å². The molecule has 0 radical (unpaired) electrons. The van der Waals surface area contributed by atoms with E-state index in [0.29, 0.717) is 27.8 Å². The van der Waals surface area contributed by atoms with Crippen molar-refractivity contribution in [3.63, 3.8) is 0 Å². The van der Waals surface area contributed by atoms with E-state index in [1.54, 1.807) is 18.2 Å². The van der Waals surface area contributed by atoms with Crippen molar-refractivity contribution in [1.82, 2.24) is 0 Å². The van der Waals surface area contributed by atoms with Crippen LogP contribution >= 0.6 is 34.8 Å². The smallest absolute Gasteiger partial charge is 0.255 e. The molecule has 116 valence electrons. The van der Waals surface area contributed by atoms with Crippen LogP contribution in [-0.4, -0.2) is 20.1 Å². The fourth-order valence-corrected chi connectivity index (χ4v) is 2.48. The van der Waals surface area contributed by atoms with Crippen molar-refractivity contribution in [2.24, 2.45) is 0 Å². The van der Waals surface area contributed by atoms with Gasteiger partial charge in [0.05, 0.1) is 35.0 Å². The Morgan fingerprint density at radius 2 is 1.77 bits per heavy atom. The second-order valence-electron chi connectivity index (χ2n) is 4.25. The molecule has 1 amide bonds. The summed E-state index contributed by atoms with van der Waals surface area (Å²) >= 11 is 18.0. The summed E-state index contributed by atoms with van der Waals surface area (Å²) in [5.74, 6) is 0.325. The van der Waals surface area contributed by atoms with E-state index in [-0.39, 0.29) is 10.0 Å². The highest BCUT2D eigenvalue weighted by molar-refractivity contribution is 6.44. The average molecular weight is 361 g/mol. The summed E-state index contributed by atoms with van der Waals surface area (Å²) in [4.78, 5) is 12.3. The number of ether oxygens (including phenoxy) is 2. The number of anilines is 1. The molecule has 0 saturated carbocycles. The quantitative estimate of drug-likeness (QED) is 0.842. The van der Waals surface area contributed by atoms with E-state index in [2.05, 4.69) is 5.32 Å². The van der Waals surface area contributed by atoms with Gasteiger partial charge in [0.25, 0.3) is 5.91 Å². The van der Waals surface area contributed by atoms with Gasteiger partial charge in [0.1, 0.15) is 0 Å². The number of carbonyl (C=O) groups is 1. The Balaban J connectivity index is 2.34. The van der Waals surface area contributed by atoms with Crippen LogP contribution in [0.15, 0.2) is 30.3 Å². The lowest BCUT2D eigenvalue weighted by atomic mass is 10.1. The van der Waals surface area contributed by atoms with Crippen LogP contribution in [0.2, 0.25) is 15.1 Å². The molecule has 1 N–H and O–H groups in total. The molecule has 7 heteroatoms. The summed E-state index contributed by atoms with van der Waals surface area (Å²) in [6.07, 6.45) is 0. The lowest BCUT2D eigenvalue weighted by molar-refractivity contribution is 0.102. The van der Waals surface area contributed by atoms with E-state index in [1.807, 2.05) is 0 Å². The predicted octanol–water partition coefficient (Wildman–Crippen LogP) is 4.92. The zero-order valence-corrected chi connectivity index (χ0v) is 14.0. The van der Waals surface area contributed by atoms with Gasteiger partial charge in [-0.1, -0.05) is 40.9 Å². The molecule has 0 heterocycles. The van der Waals surface area contributed by atoms with Crippen LogP contribution in [0.1, 0.15) is 10.4 Å². The highest BCUT2D eigenvalue weighted by atomic mass is 35.5. The fraction of sp³-hybridized carbons (Fsp3) is 0.133. The van der Waals surface area contributed by atoms with Crippen molar-refractivity contribution < 1.29 is 14.3 Å². The van der Waals surface area contributed by atoms with Gasteiger partial charge in [0.2, 0.25) is 0 Å². The van der Waals surface area contributed by atoms with Crippen molar-refractivity contribution in [1.29, 1.82) is 0 Å². The van der Waals surface area contributed by atoms with E-state index < -0.39 is 5.91 Å². The molecule has 0 aliphatic rings. The summed E-state index contributed by atoms with van der Waals surface area (Å²) in [7, 11) is 2.93. The molecule has 0 bridgehead atoms. The number of nitrogens with one attached hydrogen (secondary N) is 1. The third-order valence-electron chi connectivity index (χ3n) is 2.90. The molecule has 2 rings (SSSR count). The zero-order valence-electron chi connectivity index (χ0n) is 11.7. The first-order valence-electron chi connectivity index (χ1n) is 6.14. The predicted molar refractivity (Wildman–Crippen MR) is 89.0 cm³/mol. The van der Waals surface area contributed by atoms with E-state index >= 15 is 0 Å². The standard InChI is InChI=1S/C15H12Cl3NO3/c1-21-12-7-8(6-10(17)14(12)22-2)15(20)19-11-5-3-4-9(16)13(11)18/h3-7H,1-2H3,(H,19,20). The van der Waals surface area contributed by atoms with Gasteiger partial charge in [-0.05, 0) is 24.3 Å². The molecule has 4 nitrogen and oxygen atoms in total. The number of benzene rings is 2. The molecule has 0 fully saturated rings. The second kappa shape index (κ2) is 7.09. The molecule has 0 unspecified atom stereocenters. The average Bonchev–Trinajstić information content (AvgIpc) is 2.50. The highest BCUT2D eigenvalue weighted by Crippen LogP contribution is 2.36. The molecule has 22 heavy (non-hydrogen) atoms. The molecule has 0 aromatic heterocycles. The van der Waals surface area contributed by atoms with Crippen molar-refractivity contribution in [3.8, 4) is 11.5 Å². The first kappa shape index (κ1) is 16.7. The Morgan fingerprint density at radius 3 is 2.41 bits per heavy atom. The number of amides is 1. The fourth-order valence-electron chi connectivity index (χ4n) is 1.84. The lowest BCUT2D eigenvalue weighted by Crippen LogP contribution is -2.12. The molecule has 2 aromatic carbocycles. The maximum Gasteiger partial charge on any atom is 0.255 e. The van der Waals surface area contributed by atoms with Crippen LogP contribution in [0, 0.1) is 0 Å². The number of carbonyl (C=O) groups excluding carboxylic acids is 1. The largest absolute Gasteiger partial charge is 0.493 e. The van der Waals surface area contributed by atoms with E-state index in [1.165, 1.54) is 26.4 Å². The zero-order chi connectivity index (χ0) is 16.3. The minimum Gasteiger partial charge on any atom is -0.493 e. The number of hydrogen-bond donors (Lipinski definition) is 1. The molecule has 0 aliphatic heterocycles. The summed E-state index contributed by atoms with van der Waals surface area (Å²) in [6, 6.07) is 7.97. The van der Waals surface area contributed by atoms with Crippen LogP contribution in [0.3, 0.4) is 0 Å². The number of halogens is 3. The molecule has 0 aliphatic carbocycles. The number of methoxy groups -OCH3 is 2. The Kier molecular flexibility index (Phi) is 5.40. The van der Waals surface area contributed by atoms with Gasteiger partial charge in [-0.2, -0.15) is 0 Å². The molecule has 0 spiro atoms. The Morgan fingerprint density at radius 1 is 1.05 bits per heavy atom. The van der Waals surface area contributed by atoms with Gasteiger partial charge < -0.3 is 14.8 Å². The van der Waals surface area contributed by atoms with Crippen LogP contribution in [0.25, 0.3) is 0 Å². The van der Waals surface area contributed by atoms with E-state index in [9.17, 15) is 4.79 Å². The van der Waals surface area contributed by atoms with Crippen molar-refractivity contribution in [2.45, 2.75) is 0 Å². The minimum atomic E-state index is -0.396. The van der Waals surface area contributed by atoms with Gasteiger partial charge in [-0.25, -0.2) is 0 Å². The van der Waals surface area contributed by atoms with Gasteiger partial charge in [-0.15, -0.1) is 0 Å². The third-order valence-corrected chi connectivity index (χ3v) is 4.00. The highest BCUT2D eigenvalue weighted by Gasteiger charge is 2.16. The lowest BCUT2D eigenvalue weighted by Gasteiger charge is -2.12. The second-order valence-corrected chi connectivity index (χ2v) is 5.44. The normalized spacial score (nSPS) is 10.2. The molecule has 0 saturated heterocycles. The van der Waals surface area contributed by atoms with Crippen LogP contribution in [-0.2, 0) is 0 Å². The van der Waals surface area contributed by atoms with Crippen LogP contribution in [0.5, 0.6) is 11.5 Å². The van der Waals surface area contributed by atoms with Crippen molar-refractivity contribution in [3.05, 3.63) is 51.0 Å². The Bertz CT molecular complexity index is 719. The van der Waals surface area contributed by atoms with Crippen molar-refractivity contribution >= 4 is 46.4 Å². The SMILES string of the molecule is COc1cc(C(=O)Nc2cccc(Cl)c2Cl)cc(Cl)c1OC. The third kappa shape index (κ3) is 3.40. The number of rotatable bonds is 4. The first-order chi connectivity index (χ1) is 10.5. The summed E-state index contributed by atoms with van der Waals surface area (Å²) in [6.45, 7) is 0. The first-order valence-corrected chi connectivity index (χ1v) is 7.28. The summed E-state index contributed by atoms with van der Waals surface area (Å²) < 4.78 is 10.3. The van der Waals surface area contributed by atoms with Crippen LogP contribution in [0.4, 0.5) is 5.69 Å². The topological polar surface area (TPSA) is 47.6 Å². The van der Waals surface area contributed by atoms with Gasteiger partial charge in [0.15, 0.2) is 11.5 Å². The van der Waals surface area contributed by atoms with E-state index in [0.717, 1.165) is 0 Å². The molecule has 2 aromatic rings. The van der Waals surface area contributed by atoms with Crippen LogP contribution < -0.4 is 14.8 Å². The van der Waals surface area contributed by atoms with Crippen molar-refractivity contribution in [2.75, 3.05) is 19.5 Å². The summed E-state index contributed by atoms with van der Waals surface area (Å²) in [5, 5.41) is 3.56. The Hall–Kier alpha value is -1.62. The van der Waals surface area contributed by atoms with Gasteiger partial charge in [0, 0.05) is 5.56 Å². The molecule has 0 atom stereocenters. The minimum absolute atomic E-state index is 0.268. The monoisotopic (exact) mass is 359 g/mol.